The third-order valence-electron chi connectivity index (χ3n) is 2.93. The molecule has 1 amide bonds. The van der Waals surface area contributed by atoms with Crippen molar-refractivity contribution in [3.63, 3.8) is 0 Å². The average Bonchev–Trinajstić information content (AvgIpc) is 2.92. The number of aliphatic carboxylic acids is 1. The topological polar surface area (TPSA) is 66.4 Å². The van der Waals surface area contributed by atoms with Gasteiger partial charge >= 0.3 is 5.97 Å². The number of carbonyl (C=O) groups is 2. The number of nitrogens with one attached hydrogen (secondary N) is 1. The molecule has 2 N–H and O–H groups in total. The van der Waals surface area contributed by atoms with E-state index in [0.29, 0.717) is 12.0 Å². The third-order valence-corrected chi connectivity index (χ3v) is 2.93. The molecule has 0 unspecified atom stereocenters. The summed E-state index contributed by atoms with van der Waals surface area (Å²) in [6.07, 6.45) is 3.47. The zero-order valence-corrected chi connectivity index (χ0v) is 8.51. The predicted octanol–water partition coefficient (Wildman–Crippen LogP) is 1.16. The van der Waals surface area contributed by atoms with Crippen LogP contribution in [0, 0.1) is 5.41 Å². The fourth-order valence-corrected chi connectivity index (χ4v) is 1.43. The van der Waals surface area contributed by atoms with Crippen LogP contribution in [0.25, 0.3) is 0 Å². The van der Waals surface area contributed by atoms with E-state index in [0.717, 1.165) is 6.42 Å². The molecule has 0 spiro atoms. The van der Waals surface area contributed by atoms with E-state index in [2.05, 4.69) is 12.2 Å². The van der Waals surface area contributed by atoms with Gasteiger partial charge in [0, 0.05) is 13.0 Å². The lowest BCUT2D eigenvalue weighted by molar-refractivity contribution is -0.138. The molecule has 1 aliphatic carbocycles. The Morgan fingerprint density at radius 3 is 2.43 bits per heavy atom. The molecule has 4 heteroatoms. The van der Waals surface area contributed by atoms with Gasteiger partial charge in [0.15, 0.2) is 0 Å². The van der Waals surface area contributed by atoms with Crippen molar-refractivity contribution in [3.8, 4) is 0 Å². The van der Waals surface area contributed by atoms with Gasteiger partial charge in [-0.3, -0.25) is 9.59 Å². The Hall–Kier alpha value is -1.06. The van der Waals surface area contributed by atoms with Crippen molar-refractivity contribution in [2.45, 2.75) is 39.0 Å². The number of hydrogen-bond acceptors (Lipinski definition) is 2. The molecular formula is C10H17NO3. The number of rotatable bonds is 6. The summed E-state index contributed by atoms with van der Waals surface area (Å²) in [6.45, 7) is 2.83. The van der Waals surface area contributed by atoms with Crippen molar-refractivity contribution in [1.29, 1.82) is 0 Å². The van der Waals surface area contributed by atoms with E-state index < -0.39 is 5.97 Å². The zero-order valence-electron chi connectivity index (χ0n) is 8.51. The second-order valence-corrected chi connectivity index (χ2v) is 4.02. The Kier molecular flexibility index (Phi) is 3.49. The van der Waals surface area contributed by atoms with Gasteiger partial charge < -0.3 is 10.4 Å². The van der Waals surface area contributed by atoms with Crippen LogP contribution in [0.2, 0.25) is 0 Å². The molecule has 0 bridgehead atoms. The van der Waals surface area contributed by atoms with Crippen LogP contribution < -0.4 is 5.32 Å². The molecule has 1 saturated carbocycles. The predicted molar refractivity (Wildman–Crippen MR) is 51.8 cm³/mol. The van der Waals surface area contributed by atoms with Gasteiger partial charge in [0.05, 0.1) is 6.42 Å². The molecule has 0 aromatic rings. The molecule has 0 aliphatic heterocycles. The summed E-state index contributed by atoms with van der Waals surface area (Å²) >= 11 is 0. The molecule has 1 aliphatic rings. The smallest absolute Gasteiger partial charge is 0.303 e. The molecule has 4 nitrogen and oxygen atoms in total. The molecule has 1 rings (SSSR count). The lowest BCUT2D eigenvalue weighted by Crippen LogP contribution is -2.30. The van der Waals surface area contributed by atoms with Crippen LogP contribution in [0.3, 0.4) is 0 Å². The fourth-order valence-electron chi connectivity index (χ4n) is 1.43. The monoisotopic (exact) mass is 199 g/mol. The molecular weight excluding hydrogens is 182 g/mol. The Balaban J connectivity index is 2.12. The fraction of sp³-hybridized carbons (Fsp3) is 0.800. The first-order valence-corrected chi connectivity index (χ1v) is 5.06. The largest absolute Gasteiger partial charge is 0.481 e. The first-order valence-electron chi connectivity index (χ1n) is 5.06. The van der Waals surface area contributed by atoms with E-state index in [1.807, 2.05) is 0 Å². The third kappa shape index (κ3) is 3.36. The minimum absolute atomic E-state index is 0.0784. The molecule has 0 saturated heterocycles. The second-order valence-electron chi connectivity index (χ2n) is 4.02. The lowest BCUT2D eigenvalue weighted by Gasteiger charge is -2.12. The first kappa shape index (κ1) is 11.0. The highest BCUT2D eigenvalue weighted by Gasteiger charge is 2.40. The van der Waals surface area contributed by atoms with E-state index in [9.17, 15) is 9.59 Å². The molecule has 80 valence electrons. The summed E-state index contributed by atoms with van der Waals surface area (Å²) in [5.41, 5.74) is 0.332. The van der Waals surface area contributed by atoms with E-state index >= 15 is 0 Å². The van der Waals surface area contributed by atoms with Gasteiger partial charge in [-0.1, -0.05) is 6.92 Å². The lowest BCUT2D eigenvalue weighted by atomic mass is 10.0. The average molecular weight is 199 g/mol. The van der Waals surface area contributed by atoms with Crippen LogP contribution in [0.15, 0.2) is 0 Å². The van der Waals surface area contributed by atoms with Gasteiger partial charge in [0.2, 0.25) is 5.91 Å². The van der Waals surface area contributed by atoms with Crippen molar-refractivity contribution in [3.05, 3.63) is 0 Å². The number of carboxylic acid groups (broad SMARTS) is 1. The zero-order chi connectivity index (χ0) is 10.6. The normalized spacial score (nSPS) is 17.5. The molecule has 14 heavy (non-hydrogen) atoms. The minimum Gasteiger partial charge on any atom is -0.481 e. The molecule has 0 atom stereocenters. The van der Waals surface area contributed by atoms with E-state index in [1.165, 1.54) is 12.8 Å². The maximum atomic E-state index is 11.2. The van der Waals surface area contributed by atoms with E-state index in [-0.39, 0.29) is 18.7 Å². The van der Waals surface area contributed by atoms with Crippen molar-refractivity contribution >= 4 is 11.9 Å². The van der Waals surface area contributed by atoms with Gasteiger partial charge in [-0.05, 0) is 24.7 Å². The summed E-state index contributed by atoms with van der Waals surface area (Å²) in [6, 6.07) is 0. The summed E-state index contributed by atoms with van der Waals surface area (Å²) in [7, 11) is 0. The van der Waals surface area contributed by atoms with Gasteiger partial charge in [-0.2, -0.15) is 0 Å². The van der Waals surface area contributed by atoms with Crippen molar-refractivity contribution in [2.24, 2.45) is 5.41 Å². The van der Waals surface area contributed by atoms with Crippen molar-refractivity contribution < 1.29 is 14.7 Å². The summed E-state index contributed by atoms with van der Waals surface area (Å²) in [5, 5.41) is 11.2. The Bertz CT molecular complexity index is 234. The highest BCUT2D eigenvalue weighted by Crippen LogP contribution is 2.47. The molecule has 0 heterocycles. The maximum Gasteiger partial charge on any atom is 0.303 e. The van der Waals surface area contributed by atoms with Crippen molar-refractivity contribution in [2.75, 3.05) is 6.54 Å². The molecule has 0 aromatic carbocycles. The Morgan fingerprint density at radius 2 is 2.00 bits per heavy atom. The summed E-state index contributed by atoms with van der Waals surface area (Å²) in [4.78, 5) is 21.4. The SMILES string of the molecule is CCC1(CNC(=O)CCC(=O)O)CC1. The van der Waals surface area contributed by atoms with Crippen LogP contribution >= 0.6 is 0 Å². The standard InChI is InChI=1S/C10H17NO3/c1-2-10(5-6-10)7-11-8(12)3-4-9(13)14/h2-7H2,1H3,(H,11,12)(H,13,14). The van der Waals surface area contributed by atoms with Gasteiger partial charge in [-0.15, -0.1) is 0 Å². The van der Waals surface area contributed by atoms with E-state index in [1.54, 1.807) is 0 Å². The number of hydrogen-bond donors (Lipinski definition) is 2. The summed E-state index contributed by atoms with van der Waals surface area (Å²) in [5.74, 6) is -1.07. The van der Waals surface area contributed by atoms with Gasteiger partial charge in [0.25, 0.3) is 0 Å². The number of carbonyl (C=O) groups excluding carboxylic acids is 1. The van der Waals surface area contributed by atoms with E-state index in [4.69, 9.17) is 5.11 Å². The maximum absolute atomic E-state index is 11.2. The highest BCUT2D eigenvalue weighted by molar-refractivity contribution is 5.80. The Labute approximate surface area is 83.7 Å². The summed E-state index contributed by atoms with van der Waals surface area (Å²) < 4.78 is 0. The molecule has 0 radical (unpaired) electrons. The Morgan fingerprint density at radius 1 is 1.36 bits per heavy atom. The van der Waals surface area contributed by atoms with Gasteiger partial charge in [-0.25, -0.2) is 0 Å². The minimum atomic E-state index is -0.920. The second kappa shape index (κ2) is 4.44. The number of carboxylic acids is 1. The quantitative estimate of drug-likeness (QED) is 0.674. The van der Waals surface area contributed by atoms with Crippen LogP contribution in [0.4, 0.5) is 0 Å². The molecule has 0 aromatic heterocycles. The highest BCUT2D eigenvalue weighted by atomic mass is 16.4. The van der Waals surface area contributed by atoms with Crippen LogP contribution in [0.5, 0.6) is 0 Å². The van der Waals surface area contributed by atoms with Crippen LogP contribution in [0.1, 0.15) is 39.0 Å². The van der Waals surface area contributed by atoms with Crippen LogP contribution in [-0.4, -0.2) is 23.5 Å². The molecule has 1 fully saturated rings. The van der Waals surface area contributed by atoms with Gasteiger partial charge in [0.1, 0.15) is 0 Å². The van der Waals surface area contributed by atoms with Crippen LogP contribution in [-0.2, 0) is 9.59 Å². The first-order chi connectivity index (χ1) is 6.58. The number of amides is 1. The van der Waals surface area contributed by atoms with Crippen molar-refractivity contribution in [1.82, 2.24) is 5.32 Å².